The van der Waals surface area contributed by atoms with Crippen molar-refractivity contribution < 1.29 is 25.0 Å². The maximum atomic E-state index is 7.42. The number of hydrogen-bond donors (Lipinski definition) is 0. The van der Waals surface area contributed by atoms with Crippen LogP contribution in [0.2, 0.25) is 0 Å². The van der Waals surface area contributed by atoms with Crippen LogP contribution in [0.25, 0.3) is 0 Å². The van der Waals surface area contributed by atoms with E-state index in [2.05, 4.69) is 138 Å². The Hall–Kier alpha value is -2.04. The second-order valence-corrected chi connectivity index (χ2v) is 11.3. The predicted octanol–water partition coefficient (Wildman–Crippen LogP) is 7.33. The van der Waals surface area contributed by atoms with Gasteiger partial charge in [-0.15, -0.1) is 0 Å². The third-order valence-corrected chi connectivity index (χ3v) is 7.11. The first kappa shape index (κ1) is 32.2. The Morgan fingerprint density at radius 2 is 1.08 bits per heavy atom. The van der Waals surface area contributed by atoms with Crippen LogP contribution in [-0.4, -0.2) is 6.10 Å². The van der Waals surface area contributed by atoms with Crippen molar-refractivity contribution in [2.24, 2.45) is 17.8 Å². The molecule has 1 unspecified atom stereocenters. The first-order chi connectivity index (χ1) is 18.0. The molecule has 0 radical (unpaired) electrons. The molecular weight excluding hydrogens is 455 g/mol. The van der Waals surface area contributed by atoms with Gasteiger partial charge < -0.3 is 6.16 Å². The molecule has 0 spiro atoms. The molecule has 0 aliphatic rings. The molecule has 38 heavy (non-hydrogen) atoms. The average molecular weight is 505 g/mol. The summed E-state index contributed by atoms with van der Waals surface area (Å²) in [4.78, 5) is 0. The van der Waals surface area contributed by atoms with Crippen LogP contribution in [0.3, 0.4) is 0 Å². The van der Waals surface area contributed by atoms with Crippen molar-refractivity contribution in [2.45, 2.75) is 84.8 Å². The summed E-state index contributed by atoms with van der Waals surface area (Å²) < 4.78 is 7.42. The molecule has 0 aliphatic carbocycles. The molecule has 0 heterocycles. The number of ether oxygens (including phenoxy) is 1. The van der Waals surface area contributed by atoms with Crippen molar-refractivity contribution in [2.75, 3.05) is 0 Å². The molecule has 200 valence electrons. The van der Waals surface area contributed by atoms with Gasteiger partial charge in [-0.3, -0.25) is 0 Å². The molecule has 3 aromatic carbocycles. The van der Waals surface area contributed by atoms with Crippen molar-refractivity contribution in [3.63, 3.8) is 0 Å². The van der Waals surface area contributed by atoms with Gasteiger partial charge in [0.05, 0.1) is 6.10 Å². The minimum atomic E-state index is -0.684. The van der Waals surface area contributed by atoms with E-state index in [0.29, 0.717) is 17.8 Å². The van der Waals surface area contributed by atoms with Crippen molar-refractivity contribution >= 4 is 0 Å². The van der Waals surface area contributed by atoms with Gasteiger partial charge in [-0.05, 0) is 53.7 Å². The van der Waals surface area contributed by atoms with Gasteiger partial charge in [0.15, 0.2) is 0 Å². The minimum absolute atomic E-state index is 0. The summed E-state index contributed by atoms with van der Waals surface area (Å²) in [5.74, 6) is 1.95. The fraction of sp³-hybridized carbons (Fsp3) is 0.444. The quantitative estimate of drug-likeness (QED) is 0.0911. The van der Waals surface area contributed by atoms with Crippen molar-refractivity contribution in [3.8, 4) is 0 Å². The zero-order valence-electron chi connectivity index (χ0n) is 25.8. The summed E-state index contributed by atoms with van der Waals surface area (Å²) >= 11 is 0. The third-order valence-electron chi connectivity index (χ3n) is 7.11. The second kappa shape index (κ2) is 16.8. The van der Waals surface area contributed by atoms with E-state index in [1.54, 1.807) is 0 Å². The number of unbranched alkanes of at least 4 members (excludes halogenated alkanes) is 2. The largest absolute Gasteiger partial charge is 1.00 e. The van der Waals surface area contributed by atoms with E-state index in [1.165, 1.54) is 48.8 Å². The van der Waals surface area contributed by atoms with Gasteiger partial charge in [0.2, 0.25) is 0 Å². The van der Waals surface area contributed by atoms with Gasteiger partial charge in [-0.2, -0.15) is 0 Å². The molecule has 0 saturated carbocycles. The zero-order valence-corrected chi connectivity index (χ0v) is 24.8. The molecule has 0 bridgehead atoms. The fourth-order valence-corrected chi connectivity index (χ4v) is 5.49. The third kappa shape index (κ3) is 9.31. The average Bonchev–Trinajstić information content (AvgIpc) is 2.91. The molecule has 0 aliphatic heterocycles. The Bertz CT molecular complexity index is 927. The maximum absolute atomic E-state index is 7.42. The molecule has 0 N–H and O–H groups in total. The maximum Gasteiger partial charge on any atom is 1.00 e. The summed E-state index contributed by atoms with van der Waals surface area (Å²) in [6, 6.07) is 32.3. The number of benzene rings is 3. The van der Waals surface area contributed by atoms with Gasteiger partial charge in [0.1, 0.15) is 5.60 Å². The van der Waals surface area contributed by atoms with Gasteiger partial charge in [0, 0.05) is 0 Å². The van der Waals surface area contributed by atoms with Gasteiger partial charge >= 0.3 is 18.9 Å². The fourth-order valence-electron chi connectivity index (χ4n) is 5.49. The zero-order chi connectivity index (χ0) is 26.5. The molecule has 0 saturated heterocycles. The molecule has 2 heteroatoms. The van der Waals surface area contributed by atoms with Crippen molar-refractivity contribution in [1.29, 1.82) is 0 Å². The van der Waals surface area contributed by atoms with Crippen LogP contribution in [0.4, 0.5) is 0 Å². The SMILES string of the molecule is CCCCCC(/C=C/C(CC(C)C)CC(C)C)OC(c1ccccc1)(c1ccccc1)c1ccccc1.[H-].[Li+]. The van der Waals surface area contributed by atoms with E-state index in [9.17, 15) is 0 Å². The second-order valence-electron chi connectivity index (χ2n) is 11.3. The van der Waals surface area contributed by atoms with Crippen LogP contribution in [0.15, 0.2) is 103 Å². The number of rotatable bonds is 15. The standard InChI is InChI=1S/C36H48O.Li.H/c1-6-7-11-24-35(26-25-31(27-29(2)3)28-30(4)5)37-36(32-18-12-8-13-19-32,33-20-14-9-15-21-33)34-22-16-10-17-23-34;;/h8-10,12-23,25-26,29-31,35H,6-7,11,24,27-28H2,1-5H3;;/q;+1;-1/b26-25+;;. The molecular formula is C36H49LiO. The molecule has 0 fully saturated rings. The Kier molecular flexibility index (Phi) is 14.2. The molecule has 1 nitrogen and oxygen atoms in total. The summed E-state index contributed by atoms with van der Waals surface area (Å²) in [6.45, 7) is 11.6. The van der Waals surface area contributed by atoms with Gasteiger partial charge in [-0.25, -0.2) is 0 Å². The Balaban J connectivity index is 0.00000380. The van der Waals surface area contributed by atoms with E-state index >= 15 is 0 Å². The van der Waals surface area contributed by atoms with Crippen LogP contribution in [0.5, 0.6) is 0 Å². The summed E-state index contributed by atoms with van der Waals surface area (Å²) in [5, 5.41) is 0. The van der Waals surface area contributed by atoms with E-state index in [4.69, 9.17) is 4.74 Å². The molecule has 0 amide bonds. The van der Waals surface area contributed by atoms with E-state index in [1.807, 2.05) is 0 Å². The number of hydrogen-bond acceptors (Lipinski definition) is 1. The normalized spacial score (nSPS) is 12.8. The van der Waals surface area contributed by atoms with E-state index in [-0.39, 0.29) is 26.4 Å². The summed E-state index contributed by atoms with van der Waals surface area (Å²) in [5.41, 5.74) is 2.82. The van der Waals surface area contributed by atoms with Crippen molar-refractivity contribution in [3.05, 3.63) is 120 Å². The van der Waals surface area contributed by atoms with Crippen LogP contribution in [-0.2, 0) is 10.3 Å². The summed E-state index contributed by atoms with van der Waals surface area (Å²) in [6.07, 6.45) is 12.0. The van der Waals surface area contributed by atoms with Crippen LogP contribution < -0.4 is 18.9 Å². The monoisotopic (exact) mass is 504 g/mol. The summed E-state index contributed by atoms with van der Waals surface area (Å²) in [7, 11) is 0. The van der Waals surface area contributed by atoms with Crippen LogP contribution in [0.1, 0.15) is 91.3 Å². The van der Waals surface area contributed by atoms with Gasteiger partial charge in [-0.1, -0.05) is 157 Å². The molecule has 3 rings (SSSR count). The molecule has 3 aromatic rings. The van der Waals surface area contributed by atoms with Crippen molar-refractivity contribution in [1.82, 2.24) is 0 Å². The predicted molar refractivity (Wildman–Crippen MR) is 161 cm³/mol. The van der Waals surface area contributed by atoms with E-state index < -0.39 is 5.60 Å². The first-order valence-electron chi connectivity index (χ1n) is 14.5. The Morgan fingerprint density at radius 3 is 1.45 bits per heavy atom. The van der Waals surface area contributed by atoms with Gasteiger partial charge in [0.25, 0.3) is 0 Å². The molecule has 0 aromatic heterocycles. The molecule has 1 atom stereocenters. The Labute approximate surface area is 246 Å². The smallest absolute Gasteiger partial charge is 1.00 e. The Morgan fingerprint density at radius 1 is 0.658 bits per heavy atom. The minimum Gasteiger partial charge on any atom is -1.00 e. The van der Waals surface area contributed by atoms with Crippen LogP contribution >= 0.6 is 0 Å². The van der Waals surface area contributed by atoms with Crippen LogP contribution in [0, 0.1) is 17.8 Å². The topological polar surface area (TPSA) is 9.23 Å². The first-order valence-corrected chi connectivity index (χ1v) is 14.5. The van der Waals surface area contributed by atoms with E-state index in [0.717, 1.165) is 6.42 Å². The number of allylic oxidation sites excluding steroid dienone is 1.